The minimum Gasteiger partial charge on any atom is -0.369 e. The van der Waals surface area contributed by atoms with Gasteiger partial charge in [0.25, 0.3) is 0 Å². The van der Waals surface area contributed by atoms with Gasteiger partial charge in [-0.25, -0.2) is 4.68 Å². The molecule has 0 aromatic carbocycles. The Morgan fingerprint density at radius 3 is 2.59 bits per heavy atom. The summed E-state index contributed by atoms with van der Waals surface area (Å²) in [5, 5.41) is 8.38. The average Bonchev–Trinajstić information content (AvgIpc) is 3.04. The van der Waals surface area contributed by atoms with Crippen molar-refractivity contribution >= 4 is 5.91 Å². The highest BCUT2D eigenvalue weighted by molar-refractivity contribution is 5.76. The molecule has 0 aliphatic heterocycles. The number of nitrogens with zero attached hydrogens (tertiary/aromatic N) is 3. The van der Waals surface area contributed by atoms with Crippen LogP contribution < -0.4 is 5.73 Å². The molecule has 0 radical (unpaired) electrons. The van der Waals surface area contributed by atoms with Gasteiger partial charge in [0.05, 0.1) is 23.9 Å². The largest absolute Gasteiger partial charge is 0.369 e. The van der Waals surface area contributed by atoms with Gasteiger partial charge < -0.3 is 5.73 Å². The highest BCUT2D eigenvalue weighted by Gasteiger charge is 2.32. The van der Waals surface area contributed by atoms with Crippen LogP contribution in [-0.4, -0.2) is 20.9 Å². The van der Waals surface area contributed by atoms with Gasteiger partial charge in [0, 0.05) is 5.92 Å². The number of nitrogens with two attached hydrogens (primary N) is 1. The van der Waals surface area contributed by atoms with E-state index < -0.39 is 0 Å². The number of primary amides is 1. The number of amides is 1. The number of carbonyl (C=O) groups excluding carboxylic acids is 1. The Morgan fingerprint density at radius 2 is 2.12 bits per heavy atom. The summed E-state index contributed by atoms with van der Waals surface area (Å²) >= 11 is 0. The Hall–Kier alpha value is -1.39. The number of hydrogen-bond donors (Lipinski definition) is 1. The van der Waals surface area contributed by atoms with Crippen LogP contribution in [0.4, 0.5) is 0 Å². The monoisotopic (exact) mass is 236 g/mol. The molecule has 1 heterocycles. The number of hydrogen-bond acceptors (Lipinski definition) is 3. The van der Waals surface area contributed by atoms with E-state index in [2.05, 4.69) is 24.2 Å². The summed E-state index contributed by atoms with van der Waals surface area (Å²) in [4.78, 5) is 11.0. The SMILES string of the molecule is CCC(CC)n1nnc(CC(N)=O)c1C1CC1. The second-order valence-electron chi connectivity index (χ2n) is 4.75. The second-order valence-corrected chi connectivity index (χ2v) is 4.75. The lowest BCUT2D eigenvalue weighted by Crippen LogP contribution is -2.16. The topological polar surface area (TPSA) is 73.8 Å². The number of rotatable bonds is 6. The second kappa shape index (κ2) is 4.85. The number of aromatic nitrogens is 3. The van der Waals surface area contributed by atoms with Gasteiger partial charge in [-0.1, -0.05) is 19.1 Å². The van der Waals surface area contributed by atoms with Gasteiger partial charge >= 0.3 is 0 Å². The molecule has 1 aromatic rings. The Morgan fingerprint density at radius 1 is 1.47 bits per heavy atom. The maximum Gasteiger partial charge on any atom is 0.223 e. The molecule has 5 heteroatoms. The van der Waals surface area contributed by atoms with Crippen LogP contribution >= 0.6 is 0 Å². The molecule has 17 heavy (non-hydrogen) atoms. The molecular weight excluding hydrogens is 216 g/mol. The molecule has 0 spiro atoms. The van der Waals surface area contributed by atoms with Crippen molar-refractivity contribution in [1.29, 1.82) is 0 Å². The van der Waals surface area contributed by atoms with Crippen LogP contribution in [0.25, 0.3) is 0 Å². The van der Waals surface area contributed by atoms with E-state index in [-0.39, 0.29) is 12.3 Å². The van der Waals surface area contributed by atoms with Crippen LogP contribution in [0.3, 0.4) is 0 Å². The maximum atomic E-state index is 11.0. The molecule has 1 aromatic heterocycles. The normalized spacial score (nSPS) is 15.5. The van der Waals surface area contributed by atoms with Gasteiger partial charge in [0.1, 0.15) is 0 Å². The molecule has 0 saturated heterocycles. The first-order valence-corrected chi connectivity index (χ1v) is 6.39. The van der Waals surface area contributed by atoms with E-state index in [1.807, 2.05) is 4.68 Å². The van der Waals surface area contributed by atoms with E-state index in [1.165, 1.54) is 12.8 Å². The van der Waals surface area contributed by atoms with Gasteiger partial charge in [-0.15, -0.1) is 5.10 Å². The summed E-state index contributed by atoms with van der Waals surface area (Å²) in [6.07, 6.45) is 4.65. The van der Waals surface area contributed by atoms with Gasteiger partial charge in [-0.05, 0) is 25.7 Å². The molecule has 0 unspecified atom stereocenters. The summed E-state index contributed by atoms with van der Waals surface area (Å²) in [6, 6.07) is 0.389. The quantitative estimate of drug-likeness (QED) is 0.814. The predicted octanol–water partition coefficient (Wildman–Crippen LogP) is 1.54. The van der Waals surface area contributed by atoms with Crippen LogP contribution in [0.15, 0.2) is 0 Å². The van der Waals surface area contributed by atoms with Gasteiger partial charge in [-0.2, -0.15) is 0 Å². The molecule has 1 saturated carbocycles. The summed E-state index contributed by atoms with van der Waals surface area (Å²) in [5.41, 5.74) is 7.18. The third-order valence-corrected chi connectivity index (χ3v) is 3.40. The van der Waals surface area contributed by atoms with E-state index >= 15 is 0 Å². The molecule has 1 aliphatic carbocycles. The van der Waals surface area contributed by atoms with Crippen molar-refractivity contribution in [2.45, 2.75) is 57.9 Å². The Labute approximate surface area is 101 Å². The van der Waals surface area contributed by atoms with Gasteiger partial charge in [0.15, 0.2) is 0 Å². The van der Waals surface area contributed by atoms with E-state index in [4.69, 9.17) is 5.73 Å². The molecule has 94 valence electrons. The highest BCUT2D eigenvalue weighted by Crippen LogP contribution is 2.42. The van der Waals surface area contributed by atoms with Crippen LogP contribution in [0.5, 0.6) is 0 Å². The van der Waals surface area contributed by atoms with E-state index in [9.17, 15) is 4.79 Å². The summed E-state index contributed by atoms with van der Waals surface area (Å²) in [5.74, 6) is 0.212. The van der Waals surface area contributed by atoms with Crippen molar-refractivity contribution < 1.29 is 4.79 Å². The van der Waals surface area contributed by atoms with Crippen molar-refractivity contribution in [2.75, 3.05) is 0 Å². The summed E-state index contributed by atoms with van der Waals surface area (Å²) in [7, 11) is 0. The van der Waals surface area contributed by atoms with E-state index in [0.29, 0.717) is 12.0 Å². The van der Waals surface area contributed by atoms with Crippen molar-refractivity contribution in [3.05, 3.63) is 11.4 Å². The fourth-order valence-electron chi connectivity index (χ4n) is 2.31. The molecule has 1 amide bonds. The van der Waals surface area contributed by atoms with Crippen LogP contribution in [-0.2, 0) is 11.2 Å². The molecule has 1 aliphatic rings. The lowest BCUT2D eigenvalue weighted by molar-refractivity contribution is -0.117. The Balaban J connectivity index is 2.32. The molecule has 5 nitrogen and oxygen atoms in total. The first kappa shape index (κ1) is 12.1. The smallest absolute Gasteiger partial charge is 0.223 e. The van der Waals surface area contributed by atoms with E-state index in [1.54, 1.807) is 0 Å². The third kappa shape index (κ3) is 2.48. The van der Waals surface area contributed by atoms with E-state index in [0.717, 1.165) is 24.2 Å². The van der Waals surface area contributed by atoms with Crippen LogP contribution in [0.1, 0.15) is 62.9 Å². The molecule has 0 bridgehead atoms. The zero-order valence-corrected chi connectivity index (χ0v) is 10.5. The zero-order valence-electron chi connectivity index (χ0n) is 10.5. The lowest BCUT2D eigenvalue weighted by atomic mass is 10.1. The Bertz CT molecular complexity index is 405. The maximum absolute atomic E-state index is 11.0. The number of carbonyl (C=O) groups is 1. The third-order valence-electron chi connectivity index (χ3n) is 3.40. The molecule has 1 fully saturated rings. The Kier molecular flexibility index (Phi) is 3.45. The molecule has 2 N–H and O–H groups in total. The standard InChI is InChI=1S/C12H20N4O/c1-3-9(4-2)16-12(8-5-6-8)10(14-15-16)7-11(13)17/h8-9H,3-7H2,1-2H3,(H2,13,17). The van der Waals surface area contributed by atoms with Gasteiger partial charge in [-0.3, -0.25) is 4.79 Å². The molecule has 0 atom stereocenters. The predicted molar refractivity (Wildman–Crippen MR) is 64.5 cm³/mol. The fourth-order valence-corrected chi connectivity index (χ4v) is 2.31. The first-order valence-electron chi connectivity index (χ1n) is 6.39. The van der Waals surface area contributed by atoms with Crippen LogP contribution in [0, 0.1) is 0 Å². The van der Waals surface area contributed by atoms with Crippen LogP contribution in [0.2, 0.25) is 0 Å². The highest BCUT2D eigenvalue weighted by atomic mass is 16.1. The fraction of sp³-hybridized carbons (Fsp3) is 0.750. The summed E-state index contributed by atoms with van der Waals surface area (Å²) < 4.78 is 2.02. The minimum absolute atomic E-state index is 0.214. The lowest BCUT2D eigenvalue weighted by Gasteiger charge is -2.15. The minimum atomic E-state index is -0.330. The van der Waals surface area contributed by atoms with Crippen molar-refractivity contribution in [1.82, 2.24) is 15.0 Å². The van der Waals surface area contributed by atoms with Crippen molar-refractivity contribution in [3.8, 4) is 0 Å². The zero-order chi connectivity index (χ0) is 12.4. The first-order chi connectivity index (χ1) is 8.17. The van der Waals surface area contributed by atoms with Crippen molar-refractivity contribution in [3.63, 3.8) is 0 Å². The van der Waals surface area contributed by atoms with Gasteiger partial charge in [0.2, 0.25) is 5.91 Å². The molecular formula is C12H20N4O. The summed E-state index contributed by atoms with van der Waals surface area (Å²) in [6.45, 7) is 4.31. The van der Waals surface area contributed by atoms with Crippen molar-refractivity contribution in [2.24, 2.45) is 5.73 Å². The average molecular weight is 236 g/mol. The molecule has 2 rings (SSSR count).